The molecular formula is C15H23FN2O. The fourth-order valence-corrected chi connectivity index (χ4v) is 1.89. The fourth-order valence-electron chi connectivity index (χ4n) is 1.89. The molecule has 0 unspecified atom stereocenters. The summed E-state index contributed by atoms with van der Waals surface area (Å²) < 4.78 is 12.9. The molecule has 1 atom stereocenters. The summed E-state index contributed by atoms with van der Waals surface area (Å²) >= 11 is 0. The van der Waals surface area contributed by atoms with E-state index in [-0.39, 0.29) is 17.8 Å². The molecule has 0 saturated heterocycles. The van der Waals surface area contributed by atoms with Crippen molar-refractivity contribution >= 4 is 5.91 Å². The molecule has 1 rings (SSSR count). The molecule has 0 radical (unpaired) electrons. The van der Waals surface area contributed by atoms with Crippen LogP contribution in [0.5, 0.6) is 0 Å². The van der Waals surface area contributed by atoms with E-state index in [1.165, 1.54) is 12.1 Å². The van der Waals surface area contributed by atoms with Gasteiger partial charge in [0.1, 0.15) is 5.82 Å². The molecule has 0 aliphatic carbocycles. The van der Waals surface area contributed by atoms with E-state index in [1.807, 2.05) is 27.7 Å². The Morgan fingerprint density at radius 2 is 1.89 bits per heavy atom. The second-order valence-corrected chi connectivity index (χ2v) is 5.30. The SMILES string of the molecule is CCN[C@H](C)CNC(=O)C(C)(C)c1ccc(F)cc1. The van der Waals surface area contributed by atoms with Crippen molar-refractivity contribution in [1.29, 1.82) is 0 Å². The van der Waals surface area contributed by atoms with Crippen LogP contribution in [0.3, 0.4) is 0 Å². The maximum Gasteiger partial charge on any atom is 0.230 e. The van der Waals surface area contributed by atoms with Crippen LogP contribution < -0.4 is 10.6 Å². The van der Waals surface area contributed by atoms with E-state index in [1.54, 1.807) is 12.1 Å². The number of amides is 1. The van der Waals surface area contributed by atoms with Crippen molar-refractivity contribution in [2.24, 2.45) is 0 Å². The molecule has 4 heteroatoms. The fraction of sp³-hybridized carbons (Fsp3) is 0.533. The second kappa shape index (κ2) is 6.66. The van der Waals surface area contributed by atoms with Gasteiger partial charge in [-0.15, -0.1) is 0 Å². The summed E-state index contributed by atoms with van der Waals surface area (Å²) in [5, 5.41) is 6.16. The summed E-state index contributed by atoms with van der Waals surface area (Å²) in [5.41, 5.74) is 0.141. The van der Waals surface area contributed by atoms with Gasteiger partial charge in [0.25, 0.3) is 0 Å². The summed E-state index contributed by atoms with van der Waals surface area (Å²) in [7, 11) is 0. The monoisotopic (exact) mass is 266 g/mol. The number of halogens is 1. The van der Waals surface area contributed by atoms with Crippen molar-refractivity contribution in [3.63, 3.8) is 0 Å². The molecule has 0 aromatic heterocycles. The van der Waals surface area contributed by atoms with Gasteiger partial charge in [-0.1, -0.05) is 19.1 Å². The smallest absolute Gasteiger partial charge is 0.230 e. The molecule has 19 heavy (non-hydrogen) atoms. The molecule has 0 saturated carbocycles. The average molecular weight is 266 g/mol. The number of nitrogens with one attached hydrogen (secondary N) is 2. The minimum absolute atomic E-state index is 0.0520. The standard InChI is InChI=1S/C15H23FN2O/c1-5-17-11(2)10-18-14(19)15(3,4)12-6-8-13(16)9-7-12/h6-9,11,17H,5,10H2,1-4H3,(H,18,19)/t11-/m1/s1. The third kappa shape index (κ3) is 4.31. The highest BCUT2D eigenvalue weighted by atomic mass is 19.1. The zero-order chi connectivity index (χ0) is 14.5. The average Bonchev–Trinajstić information content (AvgIpc) is 2.36. The van der Waals surface area contributed by atoms with E-state index in [2.05, 4.69) is 10.6 Å². The maximum absolute atomic E-state index is 12.9. The van der Waals surface area contributed by atoms with Crippen molar-refractivity contribution in [1.82, 2.24) is 10.6 Å². The molecule has 0 aliphatic heterocycles. The Kier molecular flexibility index (Phi) is 5.48. The first-order valence-electron chi connectivity index (χ1n) is 6.65. The number of benzene rings is 1. The number of likely N-dealkylation sites (N-methyl/N-ethyl adjacent to an activating group) is 1. The van der Waals surface area contributed by atoms with Crippen molar-refractivity contribution in [2.45, 2.75) is 39.2 Å². The van der Waals surface area contributed by atoms with Gasteiger partial charge in [-0.2, -0.15) is 0 Å². The predicted molar refractivity (Wildman–Crippen MR) is 75.6 cm³/mol. The normalized spacial score (nSPS) is 13.1. The van der Waals surface area contributed by atoms with Crippen LogP contribution in [0.1, 0.15) is 33.3 Å². The highest BCUT2D eigenvalue weighted by molar-refractivity contribution is 5.87. The van der Waals surface area contributed by atoms with E-state index in [4.69, 9.17) is 0 Å². The Labute approximate surface area is 114 Å². The highest BCUT2D eigenvalue weighted by Crippen LogP contribution is 2.23. The second-order valence-electron chi connectivity index (χ2n) is 5.30. The summed E-state index contributed by atoms with van der Waals surface area (Å²) in [4.78, 5) is 12.2. The van der Waals surface area contributed by atoms with Crippen LogP contribution in [-0.4, -0.2) is 25.0 Å². The van der Waals surface area contributed by atoms with Crippen LogP contribution in [0.25, 0.3) is 0 Å². The topological polar surface area (TPSA) is 41.1 Å². The molecule has 0 aliphatic rings. The number of hydrogen-bond donors (Lipinski definition) is 2. The maximum atomic E-state index is 12.9. The van der Waals surface area contributed by atoms with Crippen LogP contribution in [0.4, 0.5) is 4.39 Å². The summed E-state index contributed by atoms with van der Waals surface area (Å²) in [5.74, 6) is -0.343. The molecular weight excluding hydrogens is 243 g/mol. The lowest BCUT2D eigenvalue weighted by Crippen LogP contribution is -2.45. The van der Waals surface area contributed by atoms with Gasteiger partial charge in [-0.05, 0) is 45.0 Å². The molecule has 0 fully saturated rings. The molecule has 3 nitrogen and oxygen atoms in total. The van der Waals surface area contributed by atoms with Crippen molar-refractivity contribution in [2.75, 3.05) is 13.1 Å². The summed E-state index contributed by atoms with van der Waals surface area (Å²) in [6.45, 7) is 9.19. The lowest BCUT2D eigenvalue weighted by atomic mass is 9.83. The largest absolute Gasteiger partial charge is 0.354 e. The van der Waals surface area contributed by atoms with Gasteiger partial charge >= 0.3 is 0 Å². The quantitative estimate of drug-likeness (QED) is 0.829. The lowest BCUT2D eigenvalue weighted by Gasteiger charge is -2.25. The predicted octanol–water partition coefficient (Wildman–Crippen LogP) is 2.22. The van der Waals surface area contributed by atoms with Crippen LogP contribution in [0, 0.1) is 5.82 Å². The van der Waals surface area contributed by atoms with Crippen molar-refractivity contribution in [3.8, 4) is 0 Å². The van der Waals surface area contributed by atoms with Crippen molar-refractivity contribution in [3.05, 3.63) is 35.6 Å². The Morgan fingerprint density at radius 1 is 1.32 bits per heavy atom. The summed E-state index contributed by atoms with van der Waals surface area (Å²) in [6, 6.07) is 6.31. The lowest BCUT2D eigenvalue weighted by molar-refractivity contribution is -0.125. The first kappa shape index (κ1) is 15.6. The van der Waals surface area contributed by atoms with E-state index in [9.17, 15) is 9.18 Å². The van der Waals surface area contributed by atoms with Gasteiger partial charge in [0.15, 0.2) is 0 Å². The molecule has 1 amide bonds. The number of rotatable bonds is 6. The van der Waals surface area contributed by atoms with Crippen LogP contribution in [0.15, 0.2) is 24.3 Å². The molecule has 1 aromatic carbocycles. The zero-order valence-corrected chi connectivity index (χ0v) is 12.1. The van der Waals surface area contributed by atoms with Gasteiger partial charge in [-0.3, -0.25) is 4.79 Å². The van der Waals surface area contributed by atoms with Gasteiger partial charge in [0.2, 0.25) is 5.91 Å². The number of carbonyl (C=O) groups is 1. The molecule has 0 bridgehead atoms. The van der Waals surface area contributed by atoms with Gasteiger partial charge in [0, 0.05) is 12.6 Å². The Hall–Kier alpha value is -1.42. The minimum Gasteiger partial charge on any atom is -0.354 e. The third-order valence-corrected chi connectivity index (χ3v) is 3.25. The minimum atomic E-state index is -0.667. The molecule has 0 spiro atoms. The van der Waals surface area contributed by atoms with E-state index >= 15 is 0 Å². The number of carbonyl (C=O) groups excluding carboxylic acids is 1. The van der Waals surface area contributed by atoms with E-state index in [0.717, 1.165) is 12.1 Å². The van der Waals surface area contributed by atoms with Gasteiger partial charge in [0.05, 0.1) is 5.41 Å². The van der Waals surface area contributed by atoms with E-state index in [0.29, 0.717) is 6.54 Å². The zero-order valence-electron chi connectivity index (χ0n) is 12.1. The summed E-state index contributed by atoms with van der Waals surface area (Å²) in [6.07, 6.45) is 0. The highest BCUT2D eigenvalue weighted by Gasteiger charge is 2.29. The van der Waals surface area contributed by atoms with Gasteiger partial charge in [-0.25, -0.2) is 4.39 Å². The Morgan fingerprint density at radius 3 is 2.42 bits per heavy atom. The van der Waals surface area contributed by atoms with Gasteiger partial charge < -0.3 is 10.6 Å². The molecule has 1 aromatic rings. The van der Waals surface area contributed by atoms with Crippen molar-refractivity contribution < 1.29 is 9.18 Å². The van der Waals surface area contributed by atoms with E-state index < -0.39 is 5.41 Å². The Balaban J connectivity index is 2.66. The number of hydrogen-bond acceptors (Lipinski definition) is 2. The molecule has 2 N–H and O–H groups in total. The van der Waals surface area contributed by atoms with Crippen LogP contribution in [-0.2, 0) is 10.2 Å². The third-order valence-electron chi connectivity index (χ3n) is 3.25. The van der Waals surface area contributed by atoms with Crippen LogP contribution in [0.2, 0.25) is 0 Å². The Bertz CT molecular complexity index is 415. The molecule has 106 valence electrons. The first-order chi connectivity index (χ1) is 8.87. The first-order valence-corrected chi connectivity index (χ1v) is 6.65. The van der Waals surface area contributed by atoms with Crippen LogP contribution >= 0.6 is 0 Å². The molecule has 0 heterocycles.